The third-order valence-electron chi connectivity index (χ3n) is 3.11. The van der Waals surface area contributed by atoms with Crippen molar-refractivity contribution in [1.82, 2.24) is 19.7 Å². The minimum absolute atomic E-state index is 0.555. The third kappa shape index (κ3) is 1.77. The molecule has 2 aromatic heterocycles. The largest absolute Gasteiger partial charge is 0.337 e. The van der Waals surface area contributed by atoms with Gasteiger partial charge in [-0.3, -0.25) is 0 Å². The molecule has 0 amide bonds. The second-order valence-corrected chi connectivity index (χ2v) is 4.53. The van der Waals surface area contributed by atoms with Gasteiger partial charge in [0, 0.05) is 0 Å². The molecule has 18 heavy (non-hydrogen) atoms. The summed E-state index contributed by atoms with van der Waals surface area (Å²) >= 11 is 0. The molecule has 0 unspecified atom stereocenters. The van der Waals surface area contributed by atoms with Gasteiger partial charge in [-0.15, -0.1) is 0 Å². The van der Waals surface area contributed by atoms with Crippen LogP contribution in [-0.2, 0) is 6.54 Å². The maximum absolute atomic E-state index is 5.13. The Bertz CT molecular complexity index is 711. The van der Waals surface area contributed by atoms with Crippen molar-refractivity contribution in [3.05, 3.63) is 41.3 Å². The van der Waals surface area contributed by atoms with Crippen LogP contribution >= 0.6 is 0 Å². The number of rotatable bonds is 2. The zero-order valence-corrected chi connectivity index (χ0v) is 10.6. The molecular weight excluding hydrogens is 228 g/mol. The quantitative estimate of drug-likeness (QED) is 0.692. The first kappa shape index (κ1) is 11.0. The summed E-state index contributed by atoms with van der Waals surface area (Å²) in [7, 11) is 0. The normalized spacial score (nSPS) is 11.3. The van der Waals surface area contributed by atoms with E-state index in [9.17, 15) is 0 Å². The summed E-state index contributed by atoms with van der Waals surface area (Å²) in [5, 5.41) is 3.79. The summed E-state index contributed by atoms with van der Waals surface area (Å²) in [6, 6.07) is 4.24. The van der Waals surface area contributed by atoms with Crippen molar-refractivity contribution >= 4 is 11.0 Å². The van der Waals surface area contributed by atoms with Gasteiger partial charge in [0.2, 0.25) is 5.89 Å². The Morgan fingerprint density at radius 3 is 2.67 bits per heavy atom. The van der Waals surface area contributed by atoms with E-state index in [-0.39, 0.29) is 0 Å². The molecule has 92 valence electrons. The molecule has 0 N–H and O–H groups in total. The van der Waals surface area contributed by atoms with Crippen LogP contribution in [0, 0.1) is 20.8 Å². The van der Waals surface area contributed by atoms with E-state index < -0.39 is 0 Å². The van der Waals surface area contributed by atoms with Gasteiger partial charge in [-0.2, -0.15) is 4.98 Å². The van der Waals surface area contributed by atoms with Gasteiger partial charge in [0.05, 0.1) is 17.4 Å². The minimum Gasteiger partial charge on any atom is -0.337 e. The van der Waals surface area contributed by atoms with Gasteiger partial charge in [-0.05, 0) is 44.0 Å². The SMILES string of the molecule is Cc1noc(Cn2cnc3cc(C)c(C)cc32)n1. The zero-order valence-electron chi connectivity index (χ0n) is 10.6. The second-order valence-electron chi connectivity index (χ2n) is 4.53. The number of aryl methyl sites for hydroxylation is 3. The molecule has 0 aliphatic heterocycles. The maximum atomic E-state index is 5.13. The van der Waals surface area contributed by atoms with Crippen molar-refractivity contribution in [3.8, 4) is 0 Å². The molecule has 3 aromatic rings. The molecule has 0 atom stereocenters. The Hall–Kier alpha value is -2.17. The first-order chi connectivity index (χ1) is 8.63. The average Bonchev–Trinajstić information content (AvgIpc) is 2.89. The number of benzene rings is 1. The van der Waals surface area contributed by atoms with Crippen molar-refractivity contribution in [2.75, 3.05) is 0 Å². The zero-order chi connectivity index (χ0) is 12.7. The molecule has 0 saturated carbocycles. The molecule has 0 aliphatic carbocycles. The molecule has 3 rings (SSSR count). The van der Waals surface area contributed by atoms with Crippen LogP contribution in [0.1, 0.15) is 22.8 Å². The molecule has 5 heteroatoms. The lowest BCUT2D eigenvalue weighted by molar-refractivity contribution is 0.369. The standard InChI is InChI=1S/C13H14N4O/c1-8-4-11-12(5-9(8)2)17(7-14-11)6-13-15-10(3)16-18-13/h4-5,7H,6H2,1-3H3. The molecule has 0 fully saturated rings. The summed E-state index contributed by atoms with van der Waals surface area (Å²) in [4.78, 5) is 8.60. The molecule has 0 radical (unpaired) electrons. The fourth-order valence-corrected chi connectivity index (χ4v) is 1.99. The molecule has 1 aromatic carbocycles. The predicted octanol–water partition coefficient (Wildman–Crippen LogP) is 2.39. The highest BCUT2D eigenvalue weighted by molar-refractivity contribution is 5.77. The van der Waals surface area contributed by atoms with Crippen LogP contribution in [0.25, 0.3) is 11.0 Å². The van der Waals surface area contributed by atoms with Gasteiger partial charge in [-0.25, -0.2) is 4.98 Å². The van der Waals surface area contributed by atoms with Crippen molar-refractivity contribution in [3.63, 3.8) is 0 Å². The lowest BCUT2D eigenvalue weighted by Gasteiger charge is -2.03. The number of fused-ring (bicyclic) bond motifs is 1. The van der Waals surface area contributed by atoms with Crippen molar-refractivity contribution < 1.29 is 4.52 Å². The Kier molecular flexibility index (Phi) is 2.40. The van der Waals surface area contributed by atoms with E-state index in [1.807, 2.05) is 17.8 Å². The molecule has 0 saturated heterocycles. The smallest absolute Gasteiger partial charge is 0.246 e. The predicted molar refractivity (Wildman–Crippen MR) is 67.3 cm³/mol. The number of aromatic nitrogens is 4. The summed E-state index contributed by atoms with van der Waals surface area (Å²) in [6.45, 7) is 6.56. The molecule has 0 bridgehead atoms. The van der Waals surface area contributed by atoms with E-state index in [4.69, 9.17) is 4.52 Å². The van der Waals surface area contributed by atoms with E-state index in [0.29, 0.717) is 18.3 Å². The first-order valence-corrected chi connectivity index (χ1v) is 5.85. The van der Waals surface area contributed by atoms with Crippen LogP contribution in [0.5, 0.6) is 0 Å². The summed E-state index contributed by atoms with van der Waals surface area (Å²) in [5.74, 6) is 1.26. The second kappa shape index (κ2) is 3.94. The Balaban J connectivity index is 2.04. The average molecular weight is 242 g/mol. The molecule has 0 spiro atoms. The topological polar surface area (TPSA) is 56.7 Å². The van der Waals surface area contributed by atoms with Gasteiger partial charge in [-0.1, -0.05) is 5.16 Å². The third-order valence-corrected chi connectivity index (χ3v) is 3.11. The highest BCUT2D eigenvalue weighted by Gasteiger charge is 2.08. The number of nitrogens with zero attached hydrogens (tertiary/aromatic N) is 4. The van der Waals surface area contributed by atoms with E-state index >= 15 is 0 Å². The summed E-state index contributed by atoms with van der Waals surface area (Å²) in [6.07, 6.45) is 1.81. The highest BCUT2D eigenvalue weighted by Crippen LogP contribution is 2.19. The van der Waals surface area contributed by atoms with Gasteiger partial charge in [0.1, 0.15) is 6.54 Å². The molecular formula is C13H14N4O. The fraction of sp³-hybridized carbons (Fsp3) is 0.308. The van der Waals surface area contributed by atoms with Crippen LogP contribution in [0.2, 0.25) is 0 Å². The van der Waals surface area contributed by atoms with Crippen molar-refractivity contribution in [2.24, 2.45) is 0 Å². The van der Waals surface area contributed by atoms with Gasteiger partial charge in [0.15, 0.2) is 5.82 Å². The van der Waals surface area contributed by atoms with Crippen LogP contribution in [0.3, 0.4) is 0 Å². The minimum atomic E-state index is 0.555. The number of imidazole rings is 1. The highest BCUT2D eigenvalue weighted by atomic mass is 16.5. The van der Waals surface area contributed by atoms with E-state index in [2.05, 4.69) is 41.1 Å². The van der Waals surface area contributed by atoms with Crippen LogP contribution in [0.4, 0.5) is 0 Å². The number of hydrogen-bond donors (Lipinski definition) is 0. The molecule has 0 aliphatic rings. The Morgan fingerprint density at radius 1 is 1.17 bits per heavy atom. The van der Waals surface area contributed by atoms with Crippen LogP contribution in [0.15, 0.2) is 23.0 Å². The summed E-state index contributed by atoms with van der Waals surface area (Å²) in [5.41, 5.74) is 4.59. The number of hydrogen-bond acceptors (Lipinski definition) is 4. The lowest BCUT2D eigenvalue weighted by Crippen LogP contribution is -1.98. The monoisotopic (exact) mass is 242 g/mol. The van der Waals surface area contributed by atoms with Crippen molar-refractivity contribution in [2.45, 2.75) is 27.3 Å². The Morgan fingerprint density at radius 2 is 1.94 bits per heavy atom. The first-order valence-electron chi connectivity index (χ1n) is 5.85. The van der Waals surface area contributed by atoms with E-state index in [1.54, 1.807) is 0 Å². The fourth-order valence-electron chi connectivity index (χ4n) is 1.99. The van der Waals surface area contributed by atoms with E-state index in [0.717, 1.165) is 11.0 Å². The lowest BCUT2D eigenvalue weighted by atomic mass is 10.1. The Labute approximate surface area is 104 Å². The van der Waals surface area contributed by atoms with Crippen LogP contribution in [-0.4, -0.2) is 19.7 Å². The summed E-state index contributed by atoms with van der Waals surface area (Å²) < 4.78 is 7.15. The van der Waals surface area contributed by atoms with Crippen molar-refractivity contribution in [1.29, 1.82) is 0 Å². The van der Waals surface area contributed by atoms with Gasteiger partial charge >= 0.3 is 0 Å². The molecule has 2 heterocycles. The maximum Gasteiger partial charge on any atom is 0.246 e. The van der Waals surface area contributed by atoms with E-state index in [1.165, 1.54) is 11.1 Å². The van der Waals surface area contributed by atoms with Gasteiger partial charge < -0.3 is 9.09 Å². The van der Waals surface area contributed by atoms with Crippen LogP contribution < -0.4 is 0 Å². The van der Waals surface area contributed by atoms with Gasteiger partial charge in [0.25, 0.3) is 0 Å². The molecule has 5 nitrogen and oxygen atoms in total.